The van der Waals surface area contributed by atoms with Crippen molar-refractivity contribution < 1.29 is 19.0 Å². The van der Waals surface area contributed by atoms with E-state index in [2.05, 4.69) is 10.3 Å². The summed E-state index contributed by atoms with van der Waals surface area (Å²) in [6, 6.07) is 11.4. The highest BCUT2D eigenvalue weighted by atomic mass is 35.5. The number of nitrogens with one attached hydrogen (secondary N) is 1. The van der Waals surface area contributed by atoms with Gasteiger partial charge in [-0.25, -0.2) is 4.98 Å². The number of fused-ring (bicyclic) bond motifs is 2. The minimum Gasteiger partial charge on any atom is -0.489 e. The highest BCUT2D eigenvalue weighted by Crippen LogP contribution is 2.38. The monoisotopic (exact) mass is 443 g/mol. The van der Waals surface area contributed by atoms with Crippen LogP contribution in [0.15, 0.2) is 36.4 Å². The van der Waals surface area contributed by atoms with Crippen molar-refractivity contribution in [2.75, 3.05) is 31.7 Å². The molecule has 31 heavy (non-hydrogen) atoms. The van der Waals surface area contributed by atoms with Crippen LogP contribution in [-0.4, -0.2) is 41.9 Å². The van der Waals surface area contributed by atoms with Crippen LogP contribution in [0.2, 0.25) is 5.02 Å². The molecule has 1 aliphatic heterocycles. The van der Waals surface area contributed by atoms with Gasteiger partial charge in [-0.05, 0) is 43.2 Å². The summed E-state index contributed by atoms with van der Waals surface area (Å²) in [5.41, 5.74) is 2.58. The van der Waals surface area contributed by atoms with Crippen LogP contribution in [0.25, 0.3) is 11.0 Å². The van der Waals surface area contributed by atoms with Gasteiger partial charge in [0.1, 0.15) is 0 Å². The third-order valence-electron chi connectivity index (χ3n) is 5.01. The molecule has 0 spiro atoms. The van der Waals surface area contributed by atoms with E-state index in [0.717, 1.165) is 29.4 Å². The number of halogens is 1. The van der Waals surface area contributed by atoms with Crippen LogP contribution in [0.1, 0.15) is 25.3 Å². The van der Waals surface area contributed by atoms with Crippen molar-refractivity contribution in [3.8, 4) is 11.5 Å². The first-order valence-electron chi connectivity index (χ1n) is 10.6. The maximum atomic E-state index is 12.8. The Morgan fingerprint density at radius 2 is 2.10 bits per heavy atom. The van der Waals surface area contributed by atoms with E-state index in [0.29, 0.717) is 55.4 Å². The van der Waals surface area contributed by atoms with Crippen molar-refractivity contribution >= 4 is 34.5 Å². The van der Waals surface area contributed by atoms with E-state index in [1.54, 1.807) is 6.07 Å². The molecular weight excluding hydrogens is 418 g/mol. The van der Waals surface area contributed by atoms with Gasteiger partial charge in [0.25, 0.3) is 0 Å². The predicted molar refractivity (Wildman–Crippen MR) is 120 cm³/mol. The fourth-order valence-corrected chi connectivity index (χ4v) is 3.89. The van der Waals surface area contributed by atoms with Crippen LogP contribution < -0.4 is 14.8 Å². The van der Waals surface area contributed by atoms with Crippen LogP contribution in [-0.2, 0) is 22.5 Å². The van der Waals surface area contributed by atoms with E-state index >= 15 is 0 Å². The van der Waals surface area contributed by atoms with Gasteiger partial charge in [-0.1, -0.05) is 23.7 Å². The molecule has 1 aromatic heterocycles. The molecule has 0 unspecified atom stereocenters. The van der Waals surface area contributed by atoms with Crippen molar-refractivity contribution in [1.82, 2.24) is 9.55 Å². The van der Waals surface area contributed by atoms with E-state index in [-0.39, 0.29) is 12.3 Å². The van der Waals surface area contributed by atoms with E-state index in [4.69, 9.17) is 25.8 Å². The Balaban J connectivity index is 1.51. The van der Waals surface area contributed by atoms with E-state index < -0.39 is 0 Å². The smallest absolute Gasteiger partial charge is 0.231 e. The lowest BCUT2D eigenvalue weighted by atomic mass is 10.1. The second-order valence-corrected chi connectivity index (χ2v) is 7.71. The summed E-state index contributed by atoms with van der Waals surface area (Å²) >= 11 is 6.36. The zero-order chi connectivity index (χ0) is 21.6. The van der Waals surface area contributed by atoms with Crippen molar-refractivity contribution in [3.63, 3.8) is 0 Å². The van der Waals surface area contributed by atoms with Gasteiger partial charge in [-0.3, -0.25) is 10.1 Å². The molecule has 1 amide bonds. The molecular formula is C23H26ClN3O4. The number of carbonyl (C=O) groups is 1. The molecule has 3 aromatic rings. The zero-order valence-electron chi connectivity index (χ0n) is 17.5. The summed E-state index contributed by atoms with van der Waals surface area (Å²) < 4.78 is 18.9. The molecule has 8 heteroatoms. The van der Waals surface area contributed by atoms with Crippen LogP contribution >= 0.6 is 11.6 Å². The van der Waals surface area contributed by atoms with Crippen molar-refractivity contribution in [1.29, 1.82) is 0 Å². The second-order valence-electron chi connectivity index (χ2n) is 7.31. The van der Waals surface area contributed by atoms with Gasteiger partial charge in [0.05, 0.1) is 35.7 Å². The maximum absolute atomic E-state index is 12.8. The van der Waals surface area contributed by atoms with E-state index in [1.807, 2.05) is 41.8 Å². The molecule has 0 radical (unpaired) electrons. The number of benzene rings is 2. The van der Waals surface area contributed by atoms with Gasteiger partial charge >= 0.3 is 0 Å². The summed E-state index contributed by atoms with van der Waals surface area (Å²) in [6.45, 7) is 5.14. The quantitative estimate of drug-likeness (QED) is 0.520. The average molecular weight is 444 g/mol. The second kappa shape index (κ2) is 10.0. The Morgan fingerprint density at radius 1 is 1.26 bits per heavy atom. The molecule has 4 rings (SSSR count). The molecule has 0 saturated carbocycles. The number of rotatable bonds is 8. The summed E-state index contributed by atoms with van der Waals surface area (Å²) in [5.74, 6) is 1.48. The van der Waals surface area contributed by atoms with Gasteiger partial charge in [0.15, 0.2) is 11.5 Å². The number of carbonyl (C=O) groups excluding carboxylic acids is 1. The summed E-state index contributed by atoms with van der Waals surface area (Å²) in [6.07, 6.45) is 1.77. The molecule has 0 fully saturated rings. The summed E-state index contributed by atoms with van der Waals surface area (Å²) in [7, 11) is 0. The van der Waals surface area contributed by atoms with E-state index in [9.17, 15) is 4.79 Å². The normalized spacial score (nSPS) is 13.2. The minimum absolute atomic E-state index is 0.151. The lowest BCUT2D eigenvalue weighted by Crippen LogP contribution is -2.18. The predicted octanol–water partition coefficient (Wildman–Crippen LogP) is 4.46. The Kier molecular flexibility index (Phi) is 6.94. The Labute approximate surface area is 186 Å². The number of aryl methyl sites for hydroxylation is 1. The van der Waals surface area contributed by atoms with Gasteiger partial charge in [-0.2, -0.15) is 0 Å². The molecule has 0 bridgehead atoms. The largest absolute Gasteiger partial charge is 0.489 e. The number of aromatic nitrogens is 2. The van der Waals surface area contributed by atoms with Gasteiger partial charge < -0.3 is 18.8 Å². The first-order valence-corrected chi connectivity index (χ1v) is 10.9. The standard InChI is InChI=1S/C23H26ClN3O4/c1-2-29-10-5-9-27-19-8-4-3-7-18(19)25-23(27)26-21(28)15-16-13-17(24)22-20(14-16)30-11-6-12-31-22/h3-4,7-8,13-14H,2,5-6,9-12,15H2,1H3,(H,25,26,28). The fraction of sp³-hybridized carbons (Fsp3) is 0.391. The SMILES string of the molecule is CCOCCCn1c(NC(=O)Cc2cc(Cl)c3c(c2)OCCCO3)nc2ccccc21. The van der Waals surface area contributed by atoms with Gasteiger partial charge in [-0.15, -0.1) is 0 Å². The van der Waals surface area contributed by atoms with Gasteiger partial charge in [0.2, 0.25) is 11.9 Å². The van der Waals surface area contributed by atoms with Crippen LogP contribution in [0, 0.1) is 0 Å². The molecule has 0 atom stereocenters. The van der Waals surface area contributed by atoms with Crippen LogP contribution in [0.3, 0.4) is 0 Å². The average Bonchev–Trinajstić information content (AvgIpc) is 2.92. The van der Waals surface area contributed by atoms with E-state index in [1.165, 1.54) is 0 Å². The third-order valence-corrected chi connectivity index (χ3v) is 5.29. The number of nitrogens with zero attached hydrogens (tertiary/aromatic N) is 2. The van der Waals surface area contributed by atoms with Crippen molar-refractivity contribution in [2.24, 2.45) is 0 Å². The molecule has 0 saturated heterocycles. The first-order chi connectivity index (χ1) is 15.2. The number of amides is 1. The first kappa shape index (κ1) is 21.5. The number of hydrogen-bond donors (Lipinski definition) is 1. The zero-order valence-corrected chi connectivity index (χ0v) is 18.3. The summed E-state index contributed by atoms with van der Waals surface area (Å²) in [4.78, 5) is 17.4. The molecule has 1 aliphatic rings. The minimum atomic E-state index is -0.174. The van der Waals surface area contributed by atoms with Crippen LogP contribution in [0.5, 0.6) is 11.5 Å². The highest BCUT2D eigenvalue weighted by Gasteiger charge is 2.18. The lowest BCUT2D eigenvalue weighted by Gasteiger charge is -2.12. The van der Waals surface area contributed by atoms with Crippen molar-refractivity contribution in [2.45, 2.75) is 32.7 Å². The lowest BCUT2D eigenvalue weighted by molar-refractivity contribution is -0.115. The molecule has 2 aromatic carbocycles. The number of anilines is 1. The maximum Gasteiger partial charge on any atom is 0.231 e. The number of ether oxygens (including phenoxy) is 3. The third kappa shape index (κ3) is 5.11. The van der Waals surface area contributed by atoms with Crippen LogP contribution in [0.4, 0.5) is 5.95 Å². The molecule has 7 nitrogen and oxygen atoms in total. The Bertz CT molecular complexity index is 1070. The molecule has 164 valence electrons. The highest BCUT2D eigenvalue weighted by molar-refractivity contribution is 6.32. The molecule has 1 N–H and O–H groups in total. The number of para-hydroxylation sites is 2. The Morgan fingerprint density at radius 3 is 2.97 bits per heavy atom. The fourth-order valence-electron chi connectivity index (χ4n) is 3.61. The molecule has 0 aliphatic carbocycles. The summed E-state index contributed by atoms with van der Waals surface area (Å²) in [5, 5.41) is 3.41. The van der Waals surface area contributed by atoms with Crippen molar-refractivity contribution in [3.05, 3.63) is 47.0 Å². The number of imidazole rings is 1. The Hall–Kier alpha value is -2.77. The molecule has 2 heterocycles. The van der Waals surface area contributed by atoms with Gasteiger partial charge in [0, 0.05) is 26.2 Å². The topological polar surface area (TPSA) is 74.6 Å². The number of hydrogen-bond acceptors (Lipinski definition) is 5.